The molecule has 2 rings (SSSR count). The molecular weight excluding hydrogens is 263 g/mol. The van der Waals surface area contributed by atoms with Crippen molar-refractivity contribution in [2.24, 2.45) is 17.6 Å². The third-order valence-electron chi connectivity index (χ3n) is 3.94. The van der Waals surface area contributed by atoms with Gasteiger partial charge < -0.3 is 10.5 Å². The number of halogens is 1. The van der Waals surface area contributed by atoms with Crippen LogP contribution < -0.4 is 10.5 Å². The number of nitrogens with two attached hydrogens (primary N) is 1. The summed E-state index contributed by atoms with van der Waals surface area (Å²) in [5.41, 5.74) is 5.42. The predicted molar refractivity (Wildman–Crippen MR) is 73.1 cm³/mol. The summed E-state index contributed by atoms with van der Waals surface area (Å²) in [6.07, 6.45) is 4.41. The second kappa shape index (κ2) is 6.65. The first-order valence-corrected chi connectivity index (χ1v) is 6.88. The monoisotopic (exact) mass is 282 g/mol. The number of rotatable bonds is 5. The Morgan fingerprint density at radius 1 is 1.35 bits per heavy atom. The molecule has 1 aromatic carbocycles. The lowest BCUT2D eigenvalue weighted by atomic mass is 9.80. The van der Waals surface area contributed by atoms with Gasteiger partial charge in [0.25, 0.3) is 0 Å². The molecule has 20 heavy (non-hydrogen) atoms. The maximum atomic E-state index is 13.0. The molecule has 2 N–H and O–H groups in total. The number of ether oxygens (including phenoxy) is 1. The summed E-state index contributed by atoms with van der Waals surface area (Å²) in [5, 5.41) is 10.9. The second-order valence-electron chi connectivity index (χ2n) is 5.22. The average Bonchev–Trinajstić information content (AvgIpc) is 2.46. The van der Waals surface area contributed by atoms with Gasteiger partial charge in [0.05, 0.1) is 17.6 Å². The molecular formula is C14H19FN2O3. The molecule has 0 aliphatic heterocycles. The lowest BCUT2D eigenvalue weighted by Gasteiger charge is -2.30. The van der Waals surface area contributed by atoms with Gasteiger partial charge in [-0.2, -0.15) is 0 Å². The van der Waals surface area contributed by atoms with Crippen LogP contribution in [0.4, 0.5) is 10.1 Å². The average molecular weight is 282 g/mol. The highest BCUT2D eigenvalue weighted by atomic mass is 19.1. The van der Waals surface area contributed by atoms with Crippen LogP contribution in [0.15, 0.2) is 18.2 Å². The van der Waals surface area contributed by atoms with Gasteiger partial charge in [0.2, 0.25) is 0 Å². The zero-order valence-corrected chi connectivity index (χ0v) is 11.3. The van der Waals surface area contributed by atoms with E-state index in [1.807, 2.05) is 0 Å². The Balaban J connectivity index is 2.04. The zero-order valence-electron chi connectivity index (χ0n) is 11.3. The van der Waals surface area contributed by atoms with Crippen molar-refractivity contribution in [1.82, 2.24) is 0 Å². The van der Waals surface area contributed by atoms with Crippen molar-refractivity contribution >= 4 is 5.69 Å². The lowest BCUT2D eigenvalue weighted by molar-refractivity contribution is -0.386. The van der Waals surface area contributed by atoms with Crippen LogP contribution in [0.3, 0.4) is 0 Å². The van der Waals surface area contributed by atoms with Crippen LogP contribution in [0, 0.1) is 27.8 Å². The molecule has 0 amide bonds. The minimum Gasteiger partial charge on any atom is -0.487 e. The Morgan fingerprint density at radius 3 is 2.70 bits per heavy atom. The molecule has 1 aliphatic carbocycles. The van der Waals surface area contributed by atoms with Crippen LogP contribution in [0.2, 0.25) is 0 Å². The molecule has 0 heterocycles. The highest BCUT2D eigenvalue weighted by Crippen LogP contribution is 2.32. The standard InChI is InChI=1S/C14H19FN2O3/c15-12-5-6-14(13(7-12)17(18)19)20-9-11-4-2-1-3-10(11)8-16/h5-7,10-11H,1-4,8-9,16H2. The first-order valence-electron chi connectivity index (χ1n) is 6.88. The van der Waals surface area contributed by atoms with Crippen LogP contribution >= 0.6 is 0 Å². The van der Waals surface area contributed by atoms with E-state index in [9.17, 15) is 14.5 Å². The fourth-order valence-electron chi connectivity index (χ4n) is 2.77. The molecule has 6 heteroatoms. The van der Waals surface area contributed by atoms with Crippen LogP contribution in [0.1, 0.15) is 25.7 Å². The largest absolute Gasteiger partial charge is 0.487 e. The molecule has 0 aromatic heterocycles. The fraction of sp³-hybridized carbons (Fsp3) is 0.571. The van der Waals surface area contributed by atoms with Gasteiger partial charge in [-0.3, -0.25) is 10.1 Å². The summed E-state index contributed by atoms with van der Waals surface area (Å²) >= 11 is 0. The van der Waals surface area contributed by atoms with Crippen molar-refractivity contribution in [2.75, 3.05) is 13.2 Å². The number of hydrogen-bond donors (Lipinski definition) is 1. The molecule has 0 saturated heterocycles. The van der Waals surface area contributed by atoms with E-state index in [0.29, 0.717) is 25.0 Å². The van der Waals surface area contributed by atoms with Crippen LogP contribution in [0.5, 0.6) is 5.75 Å². The third kappa shape index (κ3) is 3.45. The van der Waals surface area contributed by atoms with Crippen molar-refractivity contribution in [3.63, 3.8) is 0 Å². The van der Waals surface area contributed by atoms with E-state index >= 15 is 0 Å². The van der Waals surface area contributed by atoms with E-state index in [1.165, 1.54) is 18.6 Å². The molecule has 110 valence electrons. The molecule has 1 saturated carbocycles. The Kier molecular flexibility index (Phi) is 4.89. The zero-order chi connectivity index (χ0) is 14.5. The van der Waals surface area contributed by atoms with Crippen LogP contribution in [-0.2, 0) is 0 Å². The van der Waals surface area contributed by atoms with Crippen LogP contribution in [-0.4, -0.2) is 18.1 Å². The highest BCUT2D eigenvalue weighted by Gasteiger charge is 2.25. The molecule has 0 bridgehead atoms. The Hall–Kier alpha value is -1.69. The van der Waals surface area contributed by atoms with Crippen molar-refractivity contribution < 1.29 is 14.1 Å². The summed E-state index contributed by atoms with van der Waals surface area (Å²) in [6, 6.07) is 3.37. The van der Waals surface area contributed by atoms with Gasteiger partial charge in [0.1, 0.15) is 5.82 Å². The molecule has 2 unspecified atom stereocenters. The first-order chi connectivity index (χ1) is 9.61. The van der Waals surface area contributed by atoms with Crippen LogP contribution in [0.25, 0.3) is 0 Å². The van der Waals surface area contributed by atoms with Crippen molar-refractivity contribution in [2.45, 2.75) is 25.7 Å². The summed E-state index contributed by atoms with van der Waals surface area (Å²) in [4.78, 5) is 10.3. The summed E-state index contributed by atoms with van der Waals surface area (Å²) in [5.74, 6) is 0.209. The number of hydrogen-bond acceptors (Lipinski definition) is 4. The minimum absolute atomic E-state index is 0.123. The summed E-state index contributed by atoms with van der Waals surface area (Å²) in [6.45, 7) is 1.01. The molecule has 1 fully saturated rings. The topological polar surface area (TPSA) is 78.4 Å². The van der Waals surface area contributed by atoms with Gasteiger partial charge in [-0.1, -0.05) is 12.8 Å². The normalized spacial score (nSPS) is 22.5. The van der Waals surface area contributed by atoms with Gasteiger partial charge in [0.15, 0.2) is 5.75 Å². The Labute approximate surface area is 117 Å². The maximum absolute atomic E-state index is 13.0. The smallest absolute Gasteiger partial charge is 0.313 e. The molecule has 5 nitrogen and oxygen atoms in total. The van der Waals surface area contributed by atoms with Gasteiger partial charge in [-0.05, 0) is 43.4 Å². The molecule has 0 spiro atoms. The van der Waals surface area contributed by atoms with E-state index in [2.05, 4.69) is 0 Å². The maximum Gasteiger partial charge on any atom is 0.313 e. The summed E-state index contributed by atoms with van der Waals surface area (Å²) in [7, 11) is 0. The number of nitro benzene ring substituents is 1. The van der Waals surface area contributed by atoms with Gasteiger partial charge in [0, 0.05) is 0 Å². The highest BCUT2D eigenvalue weighted by molar-refractivity contribution is 5.46. The summed E-state index contributed by atoms with van der Waals surface area (Å²) < 4.78 is 18.6. The van der Waals surface area contributed by atoms with E-state index in [-0.39, 0.29) is 11.4 Å². The van der Waals surface area contributed by atoms with Gasteiger partial charge >= 0.3 is 5.69 Å². The fourth-order valence-corrected chi connectivity index (χ4v) is 2.77. The first kappa shape index (κ1) is 14.7. The van der Waals surface area contributed by atoms with E-state index < -0.39 is 10.7 Å². The van der Waals surface area contributed by atoms with E-state index in [1.54, 1.807) is 0 Å². The Bertz CT molecular complexity index is 481. The predicted octanol–water partition coefficient (Wildman–Crippen LogP) is 2.88. The molecule has 1 aromatic rings. The van der Waals surface area contributed by atoms with Crippen molar-refractivity contribution in [3.05, 3.63) is 34.1 Å². The van der Waals surface area contributed by atoms with Crippen molar-refractivity contribution in [3.8, 4) is 5.75 Å². The molecule has 0 radical (unpaired) electrons. The number of nitrogens with zero attached hydrogens (tertiary/aromatic N) is 1. The number of benzene rings is 1. The molecule has 2 atom stereocenters. The third-order valence-corrected chi connectivity index (χ3v) is 3.94. The second-order valence-corrected chi connectivity index (χ2v) is 5.22. The van der Waals surface area contributed by atoms with Gasteiger partial charge in [-0.25, -0.2) is 4.39 Å². The minimum atomic E-state index is -0.637. The van der Waals surface area contributed by atoms with E-state index in [4.69, 9.17) is 10.5 Å². The van der Waals surface area contributed by atoms with E-state index in [0.717, 1.165) is 25.3 Å². The molecule has 1 aliphatic rings. The lowest BCUT2D eigenvalue weighted by Crippen LogP contribution is -2.30. The SMILES string of the molecule is NCC1CCCCC1COc1ccc(F)cc1[N+](=O)[O-]. The van der Waals surface area contributed by atoms with Gasteiger partial charge in [-0.15, -0.1) is 0 Å². The Morgan fingerprint density at radius 2 is 2.05 bits per heavy atom. The number of nitro groups is 1. The van der Waals surface area contributed by atoms with Crippen molar-refractivity contribution in [1.29, 1.82) is 0 Å². The quantitative estimate of drug-likeness (QED) is 0.665.